The molecule has 9 aromatic carbocycles. The van der Waals surface area contributed by atoms with E-state index in [0.717, 1.165) is 55.6 Å². The highest BCUT2D eigenvalue weighted by Gasteiger charge is 2.25. The first kappa shape index (κ1) is 31.3. The molecule has 4 heterocycles. The molecule has 0 aliphatic rings. The molecule has 0 fully saturated rings. The summed E-state index contributed by atoms with van der Waals surface area (Å²) in [5.74, 6) is 0. The quantitative estimate of drug-likeness (QED) is 0.179. The van der Waals surface area contributed by atoms with Crippen LogP contribution < -0.4 is 4.90 Å². The van der Waals surface area contributed by atoms with Crippen LogP contribution in [-0.2, 0) is 0 Å². The lowest BCUT2D eigenvalue weighted by atomic mass is 9.98. The predicted octanol–water partition coefficient (Wildman–Crippen LogP) is 16.5. The lowest BCUT2D eigenvalue weighted by Gasteiger charge is -2.27. The van der Waals surface area contributed by atoms with E-state index in [2.05, 4.69) is 175 Å². The van der Waals surface area contributed by atoms with Gasteiger partial charge in [0.25, 0.3) is 0 Å². The van der Waals surface area contributed by atoms with E-state index in [4.69, 9.17) is 8.83 Å². The Bertz CT molecular complexity index is 3770. The molecule has 0 N–H and O–H groups in total. The molecule has 57 heavy (non-hydrogen) atoms. The summed E-state index contributed by atoms with van der Waals surface area (Å²) in [5.41, 5.74) is 9.30. The number of furan rings is 2. The van der Waals surface area contributed by atoms with Gasteiger partial charge in [-0.25, -0.2) is 0 Å². The van der Waals surface area contributed by atoms with Crippen molar-refractivity contribution in [2.24, 2.45) is 0 Å². The molecule has 0 saturated carbocycles. The van der Waals surface area contributed by atoms with E-state index in [-0.39, 0.29) is 0 Å². The Balaban J connectivity index is 1.08. The fraction of sp³-hybridized carbons (Fsp3) is 0. The van der Waals surface area contributed by atoms with Crippen molar-refractivity contribution in [2.45, 2.75) is 0 Å². The minimum atomic E-state index is 0.889. The second kappa shape index (κ2) is 11.8. The zero-order valence-electron chi connectivity index (χ0n) is 30.3. The van der Waals surface area contributed by atoms with Crippen molar-refractivity contribution in [1.29, 1.82) is 0 Å². The molecular formula is C52H29NO2S2. The zero-order valence-corrected chi connectivity index (χ0v) is 32.0. The fourth-order valence-corrected chi connectivity index (χ4v) is 11.6. The third kappa shape index (κ3) is 4.52. The molecule has 13 aromatic rings. The second-order valence-electron chi connectivity index (χ2n) is 14.8. The van der Waals surface area contributed by atoms with Gasteiger partial charge in [0.05, 0.1) is 5.69 Å². The molecule has 0 unspecified atom stereocenters. The Hall–Kier alpha value is -6.92. The second-order valence-corrected chi connectivity index (χ2v) is 16.9. The van der Waals surface area contributed by atoms with E-state index in [1.54, 1.807) is 0 Å². The van der Waals surface area contributed by atoms with Gasteiger partial charge in [-0.2, -0.15) is 0 Å². The average Bonchev–Trinajstić information content (AvgIpc) is 4.03. The van der Waals surface area contributed by atoms with Crippen LogP contribution in [0.25, 0.3) is 106 Å². The van der Waals surface area contributed by atoms with Gasteiger partial charge in [0.2, 0.25) is 0 Å². The SMILES string of the molecule is c1ccc2cc(N(c3ccc(-c4cc5c6ccccc6oc5c5c4sc4ccccc45)cc3)c3cc4oc5ccccc5c4c4sc5ccccc5c34)ccc2c1. The van der Waals surface area contributed by atoms with E-state index >= 15 is 0 Å². The standard InChI is InChI=1S/C52H29NO2S2/c1-2-12-32-27-34(26-21-30(32)11-1)53(41-29-44-48(36-14-4-8-18-43(36)54-44)52-47(41)37-15-5-9-19-45(37)57-52)33-24-22-31(23-25-33)39-28-40-35-13-3-7-17-42(35)55-50(40)49-38-16-6-10-20-46(38)56-51(39)49/h1-29H. The summed E-state index contributed by atoms with van der Waals surface area (Å²) in [5, 5.41) is 11.9. The smallest absolute Gasteiger partial charge is 0.144 e. The van der Waals surface area contributed by atoms with Crippen LogP contribution in [0.15, 0.2) is 185 Å². The molecule has 5 heteroatoms. The topological polar surface area (TPSA) is 29.5 Å². The number of fused-ring (bicyclic) bond motifs is 15. The van der Waals surface area contributed by atoms with Gasteiger partial charge in [0.15, 0.2) is 0 Å². The molecule has 13 rings (SSSR count). The summed E-state index contributed by atoms with van der Waals surface area (Å²) >= 11 is 3.69. The van der Waals surface area contributed by atoms with E-state index in [9.17, 15) is 0 Å². The Morgan fingerprint density at radius 1 is 0.386 bits per heavy atom. The van der Waals surface area contributed by atoms with Gasteiger partial charge in [0, 0.05) is 84.9 Å². The van der Waals surface area contributed by atoms with Crippen molar-refractivity contribution in [3.05, 3.63) is 176 Å². The number of anilines is 3. The number of para-hydroxylation sites is 2. The van der Waals surface area contributed by atoms with Crippen LogP contribution in [0.1, 0.15) is 0 Å². The largest absolute Gasteiger partial charge is 0.456 e. The number of hydrogen-bond acceptors (Lipinski definition) is 5. The summed E-state index contributed by atoms with van der Waals surface area (Å²) in [4.78, 5) is 2.42. The molecule has 0 aliphatic carbocycles. The van der Waals surface area contributed by atoms with E-state index in [1.807, 2.05) is 28.7 Å². The van der Waals surface area contributed by atoms with Gasteiger partial charge in [-0.1, -0.05) is 115 Å². The van der Waals surface area contributed by atoms with Crippen molar-refractivity contribution in [3.8, 4) is 11.1 Å². The maximum Gasteiger partial charge on any atom is 0.144 e. The third-order valence-corrected chi connectivity index (χ3v) is 14.0. The van der Waals surface area contributed by atoms with Crippen LogP contribution in [0.4, 0.5) is 17.1 Å². The monoisotopic (exact) mass is 763 g/mol. The third-order valence-electron chi connectivity index (χ3n) is 11.6. The molecule has 0 atom stereocenters. The normalized spacial score (nSPS) is 12.2. The number of rotatable bonds is 4. The highest BCUT2D eigenvalue weighted by Crippen LogP contribution is 2.51. The maximum absolute atomic E-state index is 6.66. The fourth-order valence-electron chi connectivity index (χ4n) is 9.06. The Morgan fingerprint density at radius 2 is 1.00 bits per heavy atom. The first-order valence-electron chi connectivity index (χ1n) is 19.2. The van der Waals surface area contributed by atoms with Gasteiger partial charge >= 0.3 is 0 Å². The summed E-state index contributed by atoms with van der Waals surface area (Å²) in [6.45, 7) is 0. The van der Waals surface area contributed by atoms with Crippen molar-refractivity contribution in [3.63, 3.8) is 0 Å². The van der Waals surface area contributed by atoms with Crippen LogP contribution in [-0.4, -0.2) is 0 Å². The molecule has 3 nitrogen and oxygen atoms in total. The zero-order chi connectivity index (χ0) is 37.2. The summed E-state index contributed by atoms with van der Waals surface area (Å²) < 4.78 is 18.3. The van der Waals surface area contributed by atoms with Gasteiger partial charge in [0.1, 0.15) is 22.3 Å². The number of thiophene rings is 2. The summed E-state index contributed by atoms with van der Waals surface area (Å²) in [7, 11) is 0. The Morgan fingerprint density at radius 3 is 1.79 bits per heavy atom. The van der Waals surface area contributed by atoms with Crippen LogP contribution in [0, 0.1) is 0 Å². The van der Waals surface area contributed by atoms with E-state index < -0.39 is 0 Å². The van der Waals surface area contributed by atoms with Crippen LogP contribution >= 0.6 is 22.7 Å². The molecular weight excluding hydrogens is 735 g/mol. The summed E-state index contributed by atoms with van der Waals surface area (Å²) in [6, 6.07) is 63.4. The lowest BCUT2D eigenvalue weighted by Crippen LogP contribution is -2.10. The number of hydrogen-bond donors (Lipinski definition) is 0. The average molecular weight is 764 g/mol. The minimum absolute atomic E-state index is 0.889. The Labute approximate surface area is 333 Å². The predicted molar refractivity (Wildman–Crippen MR) is 244 cm³/mol. The molecule has 266 valence electrons. The first-order valence-corrected chi connectivity index (χ1v) is 20.8. The Kier molecular flexibility index (Phi) is 6.48. The molecule has 0 bridgehead atoms. The highest BCUT2D eigenvalue weighted by molar-refractivity contribution is 7.27. The van der Waals surface area contributed by atoms with Crippen molar-refractivity contribution >= 4 is 135 Å². The van der Waals surface area contributed by atoms with Crippen molar-refractivity contribution in [1.82, 2.24) is 0 Å². The summed E-state index contributed by atoms with van der Waals surface area (Å²) in [6.07, 6.45) is 0. The van der Waals surface area contributed by atoms with Gasteiger partial charge in [-0.3, -0.25) is 0 Å². The lowest BCUT2D eigenvalue weighted by molar-refractivity contribution is 0.669. The van der Waals surface area contributed by atoms with Crippen LogP contribution in [0.3, 0.4) is 0 Å². The van der Waals surface area contributed by atoms with Crippen LogP contribution in [0.5, 0.6) is 0 Å². The van der Waals surface area contributed by atoms with Gasteiger partial charge in [-0.15, -0.1) is 22.7 Å². The molecule has 4 aromatic heterocycles. The first-order chi connectivity index (χ1) is 28.2. The molecule has 0 radical (unpaired) electrons. The maximum atomic E-state index is 6.66. The minimum Gasteiger partial charge on any atom is -0.456 e. The van der Waals surface area contributed by atoms with E-state index in [0.29, 0.717) is 0 Å². The number of benzene rings is 9. The molecule has 0 aliphatic heterocycles. The van der Waals surface area contributed by atoms with Gasteiger partial charge < -0.3 is 13.7 Å². The molecule has 0 spiro atoms. The molecule has 0 saturated heterocycles. The molecule has 0 amide bonds. The van der Waals surface area contributed by atoms with Crippen LogP contribution in [0.2, 0.25) is 0 Å². The highest BCUT2D eigenvalue weighted by atomic mass is 32.1. The number of nitrogens with zero attached hydrogens (tertiary/aromatic N) is 1. The van der Waals surface area contributed by atoms with Crippen molar-refractivity contribution < 1.29 is 8.83 Å². The van der Waals surface area contributed by atoms with E-state index in [1.165, 1.54) is 67.6 Å². The van der Waals surface area contributed by atoms with Gasteiger partial charge in [-0.05, 0) is 70.9 Å². The van der Waals surface area contributed by atoms with Crippen molar-refractivity contribution in [2.75, 3.05) is 4.90 Å².